The number of aliphatic imine (C=N–C) groups is 1. The molecule has 0 unspecified atom stereocenters. The molecule has 10 nitrogen and oxygen atoms in total. The van der Waals surface area contributed by atoms with Crippen LogP contribution in [0.25, 0.3) is 11.4 Å². The molecule has 10 heteroatoms. The highest BCUT2D eigenvalue weighted by molar-refractivity contribution is 5.98. The zero-order valence-corrected chi connectivity index (χ0v) is 22.3. The molecule has 1 aromatic heterocycles. The molecule has 0 atom stereocenters. The normalized spacial score (nSPS) is 14.4. The van der Waals surface area contributed by atoms with Crippen LogP contribution in [0.1, 0.15) is 90.0 Å². The van der Waals surface area contributed by atoms with Crippen LogP contribution in [0.3, 0.4) is 0 Å². The molecule has 2 heterocycles. The number of unbranched alkanes of at least 4 members (excludes halogenated alkanes) is 6. The molecule has 1 aromatic carbocycles. The van der Waals surface area contributed by atoms with Crippen molar-refractivity contribution in [1.82, 2.24) is 20.4 Å². The van der Waals surface area contributed by atoms with Gasteiger partial charge >= 0.3 is 12.2 Å². The molecule has 1 fully saturated rings. The molecule has 0 aliphatic carbocycles. The minimum absolute atomic E-state index is 0.0886. The monoisotopic (exact) mass is 513 g/mol. The Labute approximate surface area is 218 Å². The van der Waals surface area contributed by atoms with Gasteiger partial charge in [0, 0.05) is 18.7 Å². The maximum absolute atomic E-state index is 12.0. The van der Waals surface area contributed by atoms with E-state index in [4.69, 9.17) is 14.4 Å². The summed E-state index contributed by atoms with van der Waals surface area (Å²) in [5, 5.41) is 15.4. The molecular weight excluding hydrogens is 474 g/mol. The number of carbonyl (C=O) groups excluding carboxylic acids is 1. The number of hydrogen-bond acceptors (Lipinski definition) is 6. The average Bonchev–Trinajstić information content (AvgIpc) is 3.26. The summed E-state index contributed by atoms with van der Waals surface area (Å²) in [5.74, 6) is 0.791. The summed E-state index contributed by atoms with van der Waals surface area (Å²) in [6, 6.07) is 8.26. The van der Waals surface area contributed by atoms with Gasteiger partial charge in [0.1, 0.15) is 5.60 Å². The lowest BCUT2D eigenvalue weighted by atomic mass is 10.0. The minimum atomic E-state index is -1.32. The predicted octanol–water partition coefficient (Wildman–Crippen LogP) is 5.99. The van der Waals surface area contributed by atoms with E-state index in [-0.39, 0.29) is 11.9 Å². The van der Waals surface area contributed by atoms with E-state index in [0.717, 1.165) is 12.0 Å². The minimum Gasteiger partial charge on any atom is -0.465 e. The molecule has 2 aromatic rings. The lowest BCUT2D eigenvalue weighted by molar-refractivity contribution is 0.0599. The van der Waals surface area contributed by atoms with Crippen molar-refractivity contribution in [2.45, 2.75) is 90.6 Å². The molecule has 0 saturated carbocycles. The van der Waals surface area contributed by atoms with Gasteiger partial charge in [0.05, 0.1) is 5.92 Å². The first-order valence-corrected chi connectivity index (χ1v) is 13.1. The Morgan fingerprint density at radius 1 is 1.11 bits per heavy atom. The second-order valence-corrected chi connectivity index (χ2v) is 10.5. The highest BCUT2D eigenvalue weighted by Gasteiger charge is 2.36. The third-order valence-electron chi connectivity index (χ3n) is 6.06. The zero-order chi connectivity index (χ0) is 26.8. The number of benzene rings is 1. The highest BCUT2D eigenvalue weighted by atomic mass is 16.6. The van der Waals surface area contributed by atoms with E-state index in [1.165, 1.54) is 50.5 Å². The first-order valence-electron chi connectivity index (χ1n) is 13.1. The summed E-state index contributed by atoms with van der Waals surface area (Å²) in [4.78, 5) is 33.1. The van der Waals surface area contributed by atoms with Gasteiger partial charge in [-0.05, 0) is 39.2 Å². The highest BCUT2D eigenvalue weighted by Crippen LogP contribution is 2.28. The summed E-state index contributed by atoms with van der Waals surface area (Å²) in [6.45, 7) is 8.12. The topological polar surface area (TPSA) is 130 Å². The Bertz CT molecular complexity index is 1050. The smallest absolute Gasteiger partial charge is 0.437 e. The molecule has 1 saturated heterocycles. The molecule has 3 rings (SSSR count). The van der Waals surface area contributed by atoms with Crippen molar-refractivity contribution in [1.29, 1.82) is 0 Å². The molecule has 202 valence electrons. The van der Waals surface area contributed by atoms with Crippen LogP contribution in [0.5, 0.6) is 0 Å². The van der Waals surface area contributed by atoms with Crippen LogP contribution in [-0.2, 0) is 11.2 Å². The Morgan fingerprint density at radius 3 is 2.38 bits per heavy atom. The second kappa shape index (κ2) is 13.2. The maximum atomic E-state index is 12.0. The van der Waals surface area contributed by atoms with Gasteiger partial charge in [0.15, 0.2) is 0 Å². The molecule has 2 N–H and O–H groups in total. The number of aromatic nitrogens is 2. The van der Waals surface area contributed by atoms with Gasteiger partial charge in [-0.3, -0.25) is 5.32 Å². The van der Waals surface area contributed by atoms with Crippen molar-refractivity contribution in [3.63, 3.8) is 0 Å². The predicted molar refractivity (Wildman–Crippen MR) is 141 cm³/mol. The Kier molecular flexibility index (Phi) is 10.0. The zero-order valence-electron chi connectivity index (χ0n) is 22.3. The molecule has 1 aliphatic heterocycles. The molecule has 0 bridgehead atoms. The summed E-state index contributed by atoms with van der Waals surface area (Å²) >= 11 is 0. The SMILES string of the molecule is CCCCCCCCCc1ccc(-c2noc(C3CN(C(=NC(=O)OC(C)(C)C)NC(=O)O)C3)n2)cc1. The standard InChI is InChI=1S/C27H39N5O5/c1-5-6-7-8-9-10-11-12-19-13-15-20(16-14-19)22-28-23(37-31-22)21-17-32(18-21)24(29-25(33)34)30-26(35)36-27(2,3)4/h13-16,21H,5-12,17-18H2,1-4H3,(H,33,34)(H,29,30,35). The number of hydrogen-bond donors (Lipinski definition) is 2. The number of guanidine groups is 1. The van der Waals surface area contributed by atoms with E-state index in [2.05, 4.69) is 39.5 Å². The quantitative estimate of drug-likeness (QED) is 0.225. The van der Waals surface area contributed by atoms with Gasteiger partial charge in [-0.25, -0.2) is 9.59 Å². The number of aryl methyl sites for hydroxylation is 1. The number of likely N-dealkylation sites (tertiary alicyclic amines) is 1. The number of rotatable bonds is 10. The van der Waals surface area contributed by atoms with E-state index in [9.17, 15) is 9.59 Å². The van der Waals surface area contributed by atoms with Crippen LogP contribution in [0, 0.1) is 0 Å². The van der Waals surface area contributed by atoms with Crippen LogP contribution in [0.4, 0.5) is 9.59 Å². The van der Waals surface area contributed by atoms with Crippen molar-refractivity contribution in [3.8, 4) is 11.4 Å². The number of carboxylic acid groups (broad SMARTS) is 1. The van der Waals surface area contributed by atoms with E-state index in [1.54, 1.807) is 25.7 Å². The van der Waals surface area contributed by atoms with Crippen molar-refractivity contribution in [3.05, 3.63) is 35.7 Å². The van der Waals surface area contributed by atoms with E-state index < -0.39 is 17.8 Å². The van der Waals surface area contributed by atoms with Crippen LogP contribution in [-0.4, -0.2) is 57.0 Å². The number of ether oxygens (including phenoxy) is 1. The van der Waals surface area contributed by atoms with Crippen LogP contribution in [0.2, 0.25) is 0 Å². The number of nitrogens with one attached hydrogen (secondary N) is 1. The average molecular weight is 514 g/mol. The van der Waals surface area contributed by atoms with E-state index in [0.29, 0.717) is 24.8 Å². The number of nitrogens with zero attached hydrogens (tertiary/aromatic N) is 4. The van der Waals surface area contributed by atoms with Gasteiger partial charge < -0.3 is 19.3 Å². The maximum Gasteiger partial charge on any atom is 0.437 e. The first-order chi connectivity index (χ1) is 17.6. The molecule has 0 radical (unpaired) electrons. The molecular formula is C27H39N5O5. The summed E-state index contributed by atoms with van der Waals surface area (Å²) in [7, 11) is 0. The van der Waals surface area contributed by atoms with Gasteiger partial charge in [0.2, 0.25) is 17.7 Å². The summed E-state index contributed by atoms with van der Waals surface area (Å²) in [5.41, 5.74) is 1.45. The van der Waals surface area contributed by atoms with Crippen LogP contribution >= 0.6 is 0 Å². The molecule has 0 spiro atoms. The molecule has 2 amide bonds. The fourth-order valence-electron chi connectivity index (χ4n) is 4.08. The summed E-state index contributed by atoms with van der Waals surface area (Å²) < 4.78 is 10.6. The van der Waals surface area contributed by atoms with Crippen LogP contribution in [0.15, 0.2) is 33.8 Å². The van der Waals surface area contributed by atoms with Crippen molar-refractivity contribution in [2.75, 3.05) is 13.1 Å². The fraction of sp³-hybridized carbons (Fsp3) is 0.593. The van der Waals surface area contributed by atoms with Gasteiger partial charge in [0.25, 0.3) is 0 Å². The van der Waals surface area contributed by atoms with Crippen molar-refractivity contribution >= 4 is 18.1 Å². The Hall–Kier alpha value is -3.43. The number of carbonyl (C=O) groups is 2. The van der Waals surface area contributed by atoms with Gasteiger partial charge in [-0.15, -0.1) is 4.99 Å². The van der Waals surface area contributed by atoms with Gasteiger partial charge in [-0.1, -0.05) is 74.9 Å². The van der Waals surface area contributed by atoms with Crippen molar-refractivity contribution in [2.24, 2.45) is 4.99 Å². The fourth-order valence-corrected chi connectivity index (χ4v) is 4.08. The lowest BCUT2D eigenvalue weighted by Crippen LogP contribution is -2.54. The molecule has 1 aliphatic rings. The molecule has 37 heavy (non-hydrogen) atoms. The second-order valence-electron chi connectivity index (χ2n) is 10.5. The van der Waals surface area contributed by atoms with Crippen molar-refractivity contribution < 1.29 is 24.0 Å². The third kappa shape index (κ3) is 9.18. The Balaban J connectivity index is 1.50. The van der Waals surface area contributed by atoms with E-state index >= 15 is 0 Å². The largest absolute Gasteiger partial charge is 0.465 e. The first kappa shape index (κ1) is 28.1. The van der Waals surface area contributed by atoms with Crippen LogP contribution < -0.4 is 5.32 Å². The Morgan fingerprint density at radius 2 is 1.76 bits per heavy atom. The van der Waals surface area contributed by atoms with Gasteiger partial charge in [-0.2, -0.15) is 4.98 Å². The third-order valence-corrected chi connectivity index (χ3v) is 6.06. The summed E-state index contributed by atoms with van der Waals surface area (Å²) in [6.07, 6.45) is 7.96. The lowest BCUT2D eigenvalue weighted by Gasteiger charge is -2.38. The van der Waals surface area contributed by atoms with E-state index in [1.807, 2.05) is 12.1 Å². The number of amides is 2.